The van der Waals surface area contributed by atoms with Crippen molar-refractivity contribution in [2.45, 2.75) is 17.7 Å². The normalized spacial score (nSPS) is 9.26. The van der Waals surface area contributed by atoms with E-state index in [0.717, 1.165) is 19.4 Å². The summed E-state index contributed by atoms with van der Waals surface area (Å²) in [5, 5.41) is 4.47. The predicted molar refractivity (Wildman–Crippen MR) is 90.5 cm³/mol. The minimum Gasteiger partial charge on any atom is -0.330 e. The molecule has 1 aromatic heterocycles. The van der Waals surface area contributed by atoms with Crippen LogP contribution in [0.1, 0.15) is 11.4 Å². The molecule has 0 saturated heterocycles. The first kappa shape index (κ1) is 19.0. The van der Waals surface area contributed by atoms with E-state index >= 15 is 0 Å². The summed E-state index contributed by atoms with van der Waals surface area (Å²) in [6, 6.07) is 5.14. The van der Waals surface area contributed by atoms with Gasteiger partial charge in [0.25, 0.3) is 0 Å². The van der Waals surface area contributed by atoms with Gasteiger partial charge in [-0.05, 0) is 31.2 Å². The highest BCUT2D eigenvalue weighted by Crippen LogP contribution is 2.22. The highest BCUT2D eigenvalue weighted by molar-refractivity contribution is 7.80. The molecule has 0 fully saturated rings. The maximum atomic E-state index is 5.65. The van der Waals surface area contributed by atoms with Gasteiger partial charge in [0.15, 0.2) is 0 Å². The van der Waals surface area contributed by atoms with Gasteiger partial charge in [-0.3, -0.25) is 0 Å². The molecular formula is C12H15Cl3N2S2. The lowest BCUT2D eigenvalue weighted by Gasteiger charge is -1.94. The maximum Gasteiger partial charge on any atom is 0.0925 e. The number of hydrogen-bond donors (Lipinski definition) is 2. The van der Waals surface area contributed by atoms with Crippen LogP contribution in [0.5, 0.6) is 0 Å². The van der Waals surface area contributed by atoms with E-state index in [1.54, 1.807) is 29.5 Å². The first-order valence-corrected chi connectivity index (χ1v) is 7.44. The Balaban J connectivity index is 0.000000324. The molecule has 0 saturated carbocycles. The van der Waals surface area contributed by atoms with Crippen LogP contribution in [-0.2, 0) is 6.42 Å². The molecule has 0 aliphatic rings. The standard InChI is InChI=1S/C6H4Cl2S.C6H10N2S.ClH/c7-4-1-2-5(8)6(9)3-4;7-3-1-2-6-8-4-5-9-6;/h1-3,9H;4-5H,1-3,7H2;1H. The number of nitrogens with zero attached hydrogens (tertiary/aromatic N) is 1. The number of benzene rings is 1. The number of halogens is 3. The van der Waals surface area contributed by atoms with Crippen molar-refractivity contribution in [3.8, 4) is 0 Å². The van der Waals surface area contributed by atoms with Gasteiger partial charge in [-0.1, -0.05) is 23.2 Å². The molecule has 19 heavy (non-hydrogen) atoms. The van der Waals surface area contributed by atoms with Crippen molar-refractivity contribution in [3.05, 3.63) is 44.8 Å². The minimum absolute atomic E-state index is 0. The van der Waals surface area contributed by atoms with E-state index in [-0.39, 0.29) is 12.4 Å². The van der Waals surface area contributed by atoms with Crippen LogP contribution in [0.4, 0.5) is 0 Å². The molecule has 0 amide bonds. The van der Waals surface area contributed by atoms with Crippen molar-refractivity contribution in [1.29, 1.82) is 0 Å². The minimum atomic E-state index is 0. The fraction of sp³-hybridized carbons (Fsp3) is 0.250. The van der Waals surface area contributed by atoms with Crippen molar-refractivity contribution in [1.82, 2.24) is 4.98 Å². The topological polar surface area (TPSA) is 38.9 Å². The zero-order chi connectivity index (χ0) is 13.4. The third-order valence-corrected chi connectivity index (χ3v) is 3.89. The SMILES string of the molecule is Cl.NCCCc1nccs1.Sc1cc(Cl)ccc1Cl. The lowest BCUT2D eigenvalue weighted by molar-refractivity contribution is 0.826. The molecule has 0 aliphatic carbocycles. The van der Waals surface area contributed by atoms with Gasteiger partial charge in [-0.2, -0.15) is 0 Å². The van der Waals surface area contributed by atoms with Gasteiger partial charge in [-0.25, -0.2) is 4.98 Å². The van der Waals surface area contributed by atoms with Gasteiger partial charge < -0.3 is 5.73 Å². The van der Waals surface area contributed by atoms with E-state index in [1.165, 1.54) is 5.01 Å². The molecule has 106 valence electrons. The quantitative estimate of drug-likeness (QED) is 0.779. The van der Waals surface area contributed by atoms with E-state index in [4.69, 9.17) is 28.9 Å². The van der Waals surface area contributed by atoms with Gasteiger partial charge in [0.05, 0.1) is 10.0 Å². The van der Waals surface area contributed by atoms with Gasteiger partial charge in [-0.15, -0.1) is 36.4 Å². The molecule has 2 aromatic rings. The molecular weight excluding hydrogens is 343 g/mol. The van der Waals surface area contributed by atoms with Crippen LogP contribution >= 0.6 is 59.6 Å². The van der Waals surface area contributed by atoms with Crippen molar-refractivity contribution >= 4 is 59.6 Å². The number of hydrogen-bond acceptors (Lipinski definition) is 4. The summed E-state index contributed by atoms with van der Waals surface area (Å²) in [6.07, 6.45) is 3.91. The van der Waals surface area contributed by atoms with Crippen LogP contribution in [0.2, 0.25) is 10.0 Å². The van der Waals surface area contributed by atoms with Crippen LogP contribution in [0, 0.1) is 0 Å². The zero-order valence-corrected chi connectivity index (χ0v) is 14.1. The van der Waals surface area contributed by atoms with Crippen LogP contribution in [0.3, 0.4) is 0 Å². The van der Waals surface area contributed by atoms with Gasteiger partial charge in [0.2, 0.25) is 0 Å². The number of rotatable bonds is 3. The van der Waals surface area contributed by atoms with E-state index < -0.39 is 0 Å². The molecule has 0 aliphatic heterocycles. The number of thiol groups is 1. The molecule has 7 heteroatoms. The fourth-order valence-corrected chi connectivity index (χ4v) is 2.36. The second kappa shape index (κ2) is 10.8. The Kier molecular flexibility index (Phi) is 10.8. The molecule has 2 N–H and O–H groups in total. The largest absolute Gasteiger partial charge is 0.330 e. The van der Waals surface area contributed by atoms with Crippen LogP contribution in [0.15, 0.2) is 34.7 Å². The Bertz CT molecular complexity index is 464. The lowest BCUT2D eigenvalue weighted by Crippen LogP contribution is -1.99. The smallest absolute Gasteiger partial charge is 0.0925 e. The molecule has 0 atom stereocenters. The van der Waals surface area contributed by atoms with Crippen LogP contribution in [0.25, 0.3) is 0 Å². The van der Waals surface area contributed by atoms with E-state index in [9.17, 15) is 0 Å². The number of thiazole rings is 1. The summed E-state index contributed by atoms with van der Waals surface area (Å²) < 4.78 is 0. The molecule has 1 heterocycles. The Labute approximate surface area is 139 Å². The summed E-state index contributed by atoms with van der Waals surface area (Å²) in [6.45, 7) is 0.763. The third-order valence-electron chi connectivity index (χ3n) is 1.99. The first-order valence-electron chi connectivity index (χ1n) is 5.36. The molecule has 2 rings (SSSR count). The maximum absolute atomic E-state index is 5.65. The van der Waals surface area contributed by atoms with E-state index in [2.05, 4.69) is 17.6 Å². The summed E-state index contributed by atoms with van der Waals surface area (Å²) >= 11 is 17.0. The van der Waals surface area contributed by atoms with Crippen molar-refractivity contribution < 1.29 is 0 Å². The molecule has 0 radical (unpaired) electrons. The van der Waals surface area contributed by atoms with E-state index in [1.807, 2.05) is 11.6 Å². The Hall–Kier alpha value is 0.0300. The third kappa shape index (κ3) is 8.02. The predicted octanol–water partition coefficient (Wildman–Crippen LogP) is 4.74. The van der Waals surface area contributed by atoms with Crippen LogP contribution < -0.4 is 5.73 Å². The highest BCUT2D eigenvalue weighted by atomic mass is 35.5. The van der Waals surface area contributed by atoms with Crippen molar-refractivity contribution in [3.63, 3.8) is 0 Å². The second-order valence-corrected chi connectivity index (χ2v) is 5.72. The highest BCUT2D eigenvalue weighted by Gasteiger charge is 1.93. The zero-order valence-electron chi connectivity index (χ0n) is 10.1. The van der Waals surface area contributed by atoms with Crippen molar-refractivity contribution in [2.24, 2.45) is 5.73 Å². The molecule has 0 unspecified atom stereocenters. The number of aryl methyl sites for hydroxylation is 1. The summed E-state index contributed by atoms with van der Waals surface area (Å²) in [7, 11) is 0. The summed E-state index contributed by atoms with van der Waals surface area (Å²) in [5.41, 5.74) is 5.32. The fourth-order valence-electron chi connectivity index (χ4n) is 1.12. The first-order chi connectivity index (χ1) is 8.63. The van der Waals surface area contributed by atoms with Gasteiger partial charge >= 0.3 is 0 Å². The monoisotopic (exact) mass is 356 g/mol. The number of aromatic nitrogens is 1. The lowest BCUT2D eigenvalue weighted by atomic mass is 10.3. The Morgan fingerprint density at radius 1 is 1.32 bits per heavy atom. The second-order valence-electron chi connectivity index (χ2n) is 3.41. The van der Waals surface area contributed by atoms with Crippen LogP contribution in [-0.4, -0.2) is 11.5 Å². The Morgan fingerprint density at radius 2 is 2.05 bits per heavy atom. The van der Waals surface area contributed by atoms with Gasteiger partial charge in [0, 0.05) is 27.9 Å². The summed E-state index contributed by atoms with van der Waals surface area (Å²) in [5.74, 6) is 0. The average Bonchev–Trinajstić information content (AvgIpc) is 2.85. The molecule has 1 aromatic carbocycles. The Morgan fingerprint density at radius 3 is 2.53 bits per heavy atom. The summed E-state index contributed by atoms with van der Waals surface area (Å²) in [4.78, 5) is 4.83. The van der Waals surface area contributed by atoms with E-state index in [0.29, 0.717) is 14.9 Å². The molecule has 0 bridgehead atoms. The van der Waals surface area contributed by atoms with Gasteiger partial charge in [0.1, 0.15) is 0 Å². The van der Waals surface area contributed by atoms with Crippen molar-refractivity contribution in [2.75, 3.05) is 6.54 Å². The average molecular weight is 358 g/mol. The molecule has 0 spiro atoms. The molecule has 2 nitrogen and oxygen atoms in total. The number of nitrogens with two attached hydrogens (primary N) is 1.